The van der Waals surface area contributed by atoms with E-state index in [0.717, 1.165) is 11.3 Å². The van der Waals surface area contributed by atoms with Crippen molar-refractivity contribution < 1.29 is 14.0 Å². The minimum absolute atomic E-state index is 0.00834. The van der Waals surface area contributed by atoms with Crippen LogP contribution in [0.4, 0.5) is 0 Å². The highest BCUT2D eigenvalue weighted by Gasteiger charge is 2.28. The molecule has 1 aromatic heterocycles. The van der Waals surface area contributed by atoms with Gasteiger partial charge in [0.05, 0.1) is 12.7 Å². The standard InChI is InChI=1S/C19H27N2O3Si/c1-7-23-18(22)16-12-21(13-20-16)15-10-8-9-14(11-15)17(19(2,3)4)24-25(5)6/h8-13,17H,7H2,1-6H3. The predicted molar refractivity (Wildman–Crippen MR) is 100 cm³/mol. The zero-order valence-electron chi connectivity index (χ0n) is 15.9. The molecule has 1 atom stereocenters. The van der Waals surface area contributed by atoms with Crippen molar-refractivity contribution in [3.8, 4) is 5.69 Å². The number of nitrogens with zero attached hydrogens (tertiary/aromatic N) is 2. The van der Waals surface area contributed by atoms with Crippen LogP contribution in [-0.4, -0.2) is 31.2 Å². The van der Waals surface area contributed by atoms with Crippen LogP contribution in [0.25, 0.3) is 5.69 Å². The number of esters is 1. The van der Waals surface area contributed by atoms with Crippen LogP contribution in [0.5, 0.6) is 0 Å². The van der Waals surface area contributed by atoms with Gasteiger partial charge in [-0.15, -0.1) is 0 Å². The number of ether oxygens (including phenoxy) is 1. The fourth-order valence-corrected chi connectivity index (χ4v) is 3.56. The number of hydrogen-bond donors (Lipinski definition) is 0. The molecule has 25 heavy (non-hydrogen) atoms. The molecule has 0 bridgehead atoms. The van der Waals surface area contributed by atoms with Crippen molar-refractivity contribution in [2.75, 3.05) is 6.61 Å². The van der Waals surface area contributed by atoms with E-state index < -0.39 is 15.0 Å². The van der Waals surface area contributed by atoms with Gasteiger partial charge in [0.25, 0.3) is 0 Å². The van der Waals surface area contributed by atoms with Crippen molar-refractivity contribution in [2.24, 2.45) is 5.41 Å². The molecule has 0 amide bonds. The molecule has 0 aliphatic heterocycles. The van der Waals surface area contributed by atoms with Crippen LogP contribution < -0.4 is 0 Å². The van der Waals surface area contributed by atoms with Crippen molar-refractivity contribution in [3.05, 3.63) is 48.0 Å². The van der Waals surface area contributed by atoms with Gasteiger partial charge in [-0.3, -0.25) is 0 Å². The maximum absolute atomic E-state index is 11.8. The van der Waals surface area contributed by atoms with Gasteiger partial charge >= 0.3 is 5.97 Å². The molecular formula is C19H27N2O3Si. The van der Waals surface area contributed by atoms with Gasteiger partial charge in [-0.25, -0.2) is 9.78 Å². The number of imidazole rings is 1. The van der Waals surface area contributed by atoms with Crippen molar-refractivity contribution in [2.45, 2.75) is 46.9 Å². The van der Waals surface area contributed by atoms with E-state index in [1.54, 1.807) is 19.4 Å². The van der Waals surface area contributed by atoms with E-state index in [-0.39, 0.29) is 11.5 Å². The second-order valence-corrected chi connectivity index (χ2v) is 9.31. The summed E-state index contributed by atoms with van der Waals surface area (Å²) in [6.45, 7) is 13.0. The van der Waals surface area contributed by atoms with Crippen LogP contribution >= 0.6 is 0 Å². The lowest BCUT2D eigenvalue weighted by Gasteiger charge is -2.33. The van der Waals surface area contributed by atoms with Gasteiger partial charge in [-0.05, 0) is 43.1 Å². The quantitative estimate of drug-likeness (QED) is 0.566. The third-order valence-electron chi connectivity index (χ3n) is 3.68. The minimum atomic E-state index is -0.833. The Labute approximate surface area is 151 Å². The Kier molecular flexibility index (Phi) is 6.19. The smallest absolute Gasteiger partial charge is 0.358 e. The third kappa shape index (κ3) is 5.03. The molecule has 0 saturated heterocycles. The van der Waals surface area contributed by atoms with Gasteiger partial charge in [0.1, 0.15) is 6.33 Å². The van der Waals surface area contributed by atoms with Crippen molar-refractivity contribution in [1.82, 2.24) is 9.55 Å². The normalized spacial score (nSPS) is 13.1. The predicted octanol–water partition coefficient (Wildman–Crippen LogP) is 4.40. The topological polar surface area (TPSA) is 53.4 Å². The summed E-state index contributed by atoms with van der Waals surface area (Å²) in [5.74, 6) is -0.405. The molecule has 5 nitrogen and oxygen atoms in total. The average Bonchev–Trinajstić information content (AvgIpc) is 3.02. The van der Waals surface area contributed by atoms with Crippen LogP contribution in [-0.2, 0) is 9.16 Å². The van der Waals surface area contributed by atoms with Crippen LogP contribution in [0.2, 0.25) is 13.1 Å². The molecule has 1 aromatic carbocycles. The maximum Gasteiger partial charge on any atom is 0.358 e. The number of benzene rings is 1. The zero-order valence-corrected chi connectivity index (χ0v) is 16.9. The molecule has 2 rings (SSSR count). The lowest BCUT2D eigenvalue weighted by Crippen LogP contribution is -2.26. The van der Waals surface area contributed by atoms with Gasteiger partial charge in [0.15, 0.2) is 5.69 Å². The molecule has 0 fully saturated rings. The van der Waals surface area contributed by atoms with E-state index >= 15 is 0 Å². The Bertz CT molecular complexity index is 719. The second kappa shape index (κ2) is 7.97. The van der Waals surface area contributed by atoms with E-state index in [1.807, 2.05) is 16.7 Å². The fraction of sp³-hybridized carbons (Fsp3) is 0.474. The summed E-state index contributed by atoms with van der Waals surface area (Å²) >= 11 is 0. The van der Waals surface area contributed by atoms with E-state index in [2.05, 4.69) is 51.0 Å². The minimum Gasteiger partial charge on any atom is -0.461 e. The van der Waals surface area contributed by atoms with Crippen molar-refractivity contribution >= 4 is 15.0 Å². The molecule has 2 aromatic rings. The molecule has 1 heterocycles. The van der Waals surface area contributed by atoms with E-state index in [4.69, 9.17) is 9.16 Å². The molecule has 0 aliphatic rings. The maximum atomic E-state index is 11.8. The summed E-state index contributed by atoms with van der Waals surface area (Å²) in [6, 6.07) is 8.18. The molecule has 0 aliphatic carbocycles. The number of aromatic nitrogens is 2. The van der Waals surface area contributed by atoms with Gasteiger partial charge in [0.2, 0.25) is 9.04 Å². The summed E-state index contributed by atoms with van der Waals surface area (Å²) in [4.78, 5) is 15.9. The summed E-state index contributed by atoms with van der Waals surface area (Å²) < 4.78 is 13.1. The monoisotopic (exact) mass is 359 g/mol. The van der Waals surface area contributed by atoms with Crippen molar-refractivity contribution in [1.29, 1.82) is 0 Å². The van der Waals surface area contributed by atoms with Crippen LogP contribution in [0.1, 0.15) is 49.9 Å². The first-order valence-corrected chi connectivity index (χ1v) is 10.9. The van der Waals surface area contributed by atoms with Gasteiger partial charge in [-0.2, -0.15) is 0 Å². The van der Waals surface area contributed by atoms with Crippen LogP contribution in [0.15, 0.2) is 36.8 Å². The number of hydrogen-bond acceptors (Lipinski definition) is 4. The first-order chi connectivity index (χ1) is 11.7. The highest BCUT2D eigenvalue weighted by Crippen LogP contribution is 2.37. The first kappa shape index (κ1) is 19.4. The molecule has 135 valence electrons. The highest BCUT2D eigenvalue weighted by atomic mass is 28.3. The molecule has 1 radical (unpaired) electrons. The zero-order chi connectivity index (χ0) is 18.6. The molecule has 0 spiro atoms. The summed E-state index contributed by atoms with van der Waals surface area (Å²) in [6.07, 6.45) is 3.34. The summed E-state index contributed by atoms with van der Waals surface area (Å²) in [5, 5.41) is 0. The summed E-state index contributed by atoms with van der Waals surface area (Å²) in [7, 11) is -0.833. The number of carbonyl (C=O) groups excluding carboxylic acids is 1. The molecule has 0 N–H and O–H groups in total. The largest absolute Gasteiger partial charge is 0.461 e. The van der Waals surface area contributed by atoms with Crippen LogP contribution in [0.3, 0.4) is 0 Å². The SMILES string of the molecule is CCOC(=O)c1cn(-c2cccc(C(O[Si](C)C)C(C)(C)C)c2)cn1. The van der Waals surface area contributed by atoms with Crippen molar-refractivity contribution in [3.63, 3.8) is 0 Å². The van der Waals surface area contributed by atoms with E-state index in [1.165, 1.54) is 0 Å². The molecule has 1 unspecified atom stereocenters. The Hall–Kier alpha value is -1.92. The molecule has 6 heteroatoms. The molecular weight excluding hydrogens is 332 g/mol. The second-order valence-electron chi connectivity index (χ2n) is 7.25. The highest BCUT2D eigenvalue weighted by molar-refractivity contribution is 6.48. The Balaban J connectivity index is 2.33. The Morgan fingerprint density at radius 1 is 1.32 bits per heavy atom. The van der Waals surface area contributed by atoms with Gasteiger partial charge in [-0.1, -0.05) is 32.9 Å². The van der Waals surface area contributed by atoms with Gasteiger partial charge < -0.3 is 13.7 Å². The Morgan fingerprint density at radius 2 is 2.04 bits per heavy atom. The number of carbonyl (C=O) groups is 1. The first-order valence-electron chi connectivity index (χ1n) is 8.50. The lowest BCUT2D eigenvalue weighted by molar-refractivity contribution is 0.0520. The number of rotatable bonds is 6. The van der Waals surface area contributed by atoms with Crippen LogP contribution in [0, 0.1) is 5.41 Å². The van der Waals surface area contributed by atoms with E-state index in [9.17, 15) is 4.79 Å². The van der Waals surface area contributed by atoms with Gasteiger partial charge in [0, 0.05) is 11.9 Å². The lowest BCUT2D eigenvalue weighted by atomic mass is 9.85. The fourth-order valence-electron chi connectivity index (χ4n) is 2.60. The van der Waals surface area contributed by atoms with E-state index in [0.29, 0.717) is 12.3 Å². The molecule has 0 saturated carbocycles. The summed E-state index contributed by atoms with van der Waals surface area (Å²) in [5.41, 5.74) is 2.37. The third-order valence-corrected chi connectivity index (χ3v) is 4.39. The average molecular weight is 360 g/mol. The Morgan fingerprint density at radius 3 is 2.64 bits per heavy atom.